The van der Waals surface area contributed by atoms with Crippen LogP contribution in [0.1, 0.15) is 130 Å². The second-order valence-corrected chi connectivity index (χ2v) is 19.3. The zero-order chi connectivity index (χ0) is 47.6. The van der Waals surface area contributed by atoms with E-state index in [2.05, 4.69) is 85.1 Å². The van der Waals surface area contributed by atoms with Crippen LogP contribution in [0, 0.1) is 41.2 Å². The second kappa shape index (κ2) is 35.2. The van der Waals surface area contributed by atoms with Crippen molar-refractivity contribution in [3.8, 4) is 12.0 Å². The average molecular weight is 1130 g/mol. The molecule has 2 aliphatic carbocycles. The minimum absolute atomic E-state index is 0. The quantitative estimate of drug-likeness (QED) is 0.0553. The van der Waals surface area contributed by atoms with Crippen molar-refractivity contribution in [1.29, 1.82) is 0 Å². The Morgan fingerprint density at radius 1 is 0.779 bits per heavy atom. The SMILES string of the molecule is C.C.C/C(C(=O)O)=C1/CCCc2cc(NC(=O)c3c(F)cccc3F)ccc21.CC#C[O-].CC(Br)(Br)C(=O)Br.C[C-](C)C.O=C1CCCc2cc([N-]C(=O)c3c(F)cccc3F)ccc21.[Li+].[Li+].[Na+]. The van der Waals surface area contributed by atoms with Crippen molar-refractivity contribution in [2.45, 2.75) is 98.2 Å². The van der Waals surface area contributed by atoms with Crippen LogP contribution in [0.5, 0.6) is 0 Å². The molecule has 0 saturated carbocycles. The summed E-state index contributed by atoms with van der Waals surface area (Å²) in [4.78, 5) is 57.5. The molecule has 0 fully saturated rings. The number of rotatable bonds is 6. The van der Waals surface area contributed by atoms with Crippen molar-refractivity contribution in [2.24, 2.45) is 0 Å². The summed E-state index contributed by atoms with van der Waals surface area (Å²) in [6.45, 7) is 11.0. The Balaban J connectivity index is -0.000000442. The van der Waals surface area contributed by atoms with E-state index in [1.165, 1.54) is 37.1 Å². The van der Waals surface area contributed by atoms with E-state index in [1.807, 2.05) is 0 Å². The topological polar surface area (TPSA) is 155 Å². The summed E-state index contributed by atoms with van der Waals surface area (Å²) < 4.78 is 53.9. The van der Waals surface area contributed by atoms with Crippen LogP contribution in [0.4, 0.5) is 28.9 Å². The van der Waals surface area contributed by atoms with E-state index < -0.39 is 55.4 Å². The molecule has 0 spiro atoms. The molecule has 4 aromatic rings. The molecule has 2 aliphatic rings. The fraction of sp³-hybridized carbons (Fsp3) is 0.306. The van der Waals surface area contributed by atoms with Gasteiger partial charge in [-0.2, -0.15) is 26.9 Å². The van der Waals surface area contributed by atoms with E-state index in [1.54, 1.807) is 44.2 Å². The number of fused-ring (bicyclic) bond motifs is 2. The van der Waals surface area contributed by atoms with Crippen molar-refractivity contribution in [2.75, 3.05) is 5.32 Å². The van der Waals surface area contributed by atoms with Gasteiger partial charge in [0.1, 0.15) is 32.1 Å². The van der Waals surface area contributed by atoms with Crippen LogP contribution >= 0.6 is 47.8 Å². The van der Waals surface area contributed by atoms with Crippen molar-refractivity contribution < 1.29 is 119 Å². The number of aryl methyl sites for hydroxylation is 2. The molecule has 9 nitrogen and oxygen atoms in total. The van der Waals surface area contributed by atoms with Gasteiger partial charge in [-0.25, -0.2) is 22.4 Å². The molecule has 0 atom stereocenters. The molecule has 19 heteroatoms. The van der Waals surface area contributed by atoms with Crippen molar-refractivity contribution in [1.82, 2.24) is 0 Å². The number of carbonyl (C=O) groups excluding carboxylic acids is 4. The van der Waals surface area contributed by atoms with E-state index in [-0.39, 0.29) is 92.6 Å². The zero-order valence-electron chi connectivity index (χ0n) is 38.2. The molecule has 2 amide bonds. The Kier molecular flexibility index (Phi) is 37.1. The van der Waals surface area contributed by atoms with Gasteiger partial charge < -0.3 is 31.6 Å². The Bertz CT molecular complexity index is 2380. The van der Waals surface area contributed by atoms with Gasteiger partial charge in [0.05, 0.1) is 11.5 Å². The van der Waals surface area contributed by atoms with Crippen LogP contribution in [-0.2, 0) is 22.4 Å². The van der Waals surface area contributed by atoms with Gasteiger partial charge in [0, 0.05) is 23.2 Å². The van der Waals surface area contributed by atoms with E-state index in [9.17, 15) is 46.6 Å². The van der Waals surface area contributed by atoms with Crippen molar-refractivity contribution in [3.05, 3.63) is 146 Å². The molecule has 0 aromatic heterocycles. The number of carboxylic acid groups (broad SMARTS) is 1. The van der Waals surface area contributed by atoms with Crippen LogP contribution in [0.15, 0.2) is 78.4 Å². The molecular formula is C49H52Br3F4Li2N2NaO7. The third-order valence-corrected chi connectivity index (χ3v) is 11.2. The summed E-state index contributed by atoms with van der Waals surface area (Å²) in [5.41, 5.74) is 3.67. The minimum Gasteiger partial charge on any atom is -0.833 e. The summed E-state index contributed by atoms with van der Waals surface area (Å²) in [5, 5.41) is 24.4. The first-order chi connectivity index (χ1) is 29.5. The Hall–Kier alpha value is -2.92. The molecule has 0 bridgehead atoms. The molecule has 352 valence electrons. The van der Waals surface area contributed by atoms with Crippen LogP contribution in [0.2, 0.25) is 0 Å². The number of allylic oxidation sites excluding steroid dienone is 1. The summed E-state index contributed by atoms with van der Waals surface area (Å²) in [5.74, 6) is -2.93. The van der Waals surface area contributed by atoms with Gasteiger partial charge in [-0.3, -0.25) is 14.4 Å². The maximum absolute atomic E-state index is 13.7. The third kappa shape index (κ3) is 23.3. The van der Waals surface area contributed by atoms with E-state index in [0.29, 0.717) is 35.4 Å². The smallest absolute Gasteiger partial charge is 0.833 e. The number of Topliss-reactive ketones (excluding diaryl/α,β-unsaturated/α-hetero) is 1. The van der Waals surface area contributed by atoms with Gasteiger partial charge in [0.25, 0.3) is 5.91 Å². The molecular weight excluding hydrogens is 1080 g/mol. The van der Waals surface area contributed by atoms with Gasteiger partial charge in [0.2, 0.25) is 4.69 Å². The zero-order valence-corrected chi connectivity index (χ0v) is 44.9. The summed E-state index contributed by atoms with van der Waals surface area (Å²) >= 11 is 8.89. The summed E-state index contributed by atoms with van der Waals surface area (Å²) in [6, 6.07) is 16.3. The monoisotopic (exact) mass is 1130 g/mol. The third-order valence-electron chi connectivity index (χ3n) is 8.62. The molecule has 0 saturated heterocycles. The second-order valence-electron chi connectivity index (χ2n) is 14.3. The maximum Gasteiger partial charge on any atom is 1.00 e. The molecule has 0 unspecified atom stereocenters. The number of carboxylic acids is 1. The Morgan fingerprint density at radius 2 is 1.21 bits per heavy atom. The van der Waals surface area contributed by atoms with Crippen molar-refractivity contribution in [3.63, 3.8) is 0 Å². The van der Waals surface area contributed by atoms with Gasteiger partial charge in [-0.1, -0.05) is 83.1 Å². The number of aliphatic carboxylic acids is 1. The molecule has 68 heavy (non-hydrogen) atoms. The molecule has 2 N–H and O–H groups in total. The fourth-order valence-corrected chi connectivity index (χ4v) is 5.77. The maximum atomic E-state index is 13.7. The first-order valence-corrected chi connectivity index (χ1v) is 21.5. The van der Waals surface area contributed by atoms with Gasteiger partial charge in [0.15, 0.2) is 5.78 Å². The summed E-state index contributed by atoms with van der Waals surface area (Å²) in [6.07, 6.45) is 5.65. The predicted molar refractivity (Wildman–Crippen MR) is 259 cm³/mol. The van der Waals surface area contributed by atoms with Gasteiger partial charge in [-0.05, 0) is 127 Å². The number of carbonyl (C=O) groups is 5. The van der Waals surface area contributed by atoms with E-state index in [4.69, 9.17) is 5.11 Å². The molecule has 0 heterocycles. The average Bonchev–Trinajstić information content (AvgIpc) is 3.20. The number of nitrogens with one attached hydrogen (secondary N) is 1. The number of nitrogens with zero attached hydrogens (tertiary/aromatic N) is 1. The van der Waals surface area contributed by atoms with E-state index in [0.717, 1.165) is 72.2 Å². The molecule has 4 aromatic carbocycles. The van der Waals surface area contributed by atoms with Crippen LogP contribution in [-0.4, -0.2) is 36.6 Å². The van der Waals surface area contributed by atoms with E-state index >= 15 is 0 Å². The van der Waals surface area contributed by atoms with Crippen LogP contribution in [0.25, 0.3) is 10.9 Å². The number of anilines is 1. The molecule has 0 radical (unpaired) electrons. The fourth-order valence-electron chi connectivity index (χ4n) is 5.77. The summed E-state index contributed by atoms with van der Waals surface area (Å²) in [7, 11) is 0. The van der Waals surface area contributed by atoms with Gasteiger partial charge >= 0.3 is 73.2 Å². The largest absolute Gasteiger partial charge is 1.00 e. The number of amides is 2. The molecule has 0 aliphatic heterocycles. The van der Waals surface area contributed by atoms with Crippen LogP contribution in [0.3, 0.4) is 0 Å². The number of benzene rings is 4. The number of halogens is 7. The van der Waals surface area contributed by atoms with Crippen LogP contribution < -0.4 is 77.7 Å². The Morgan fingerprint density at radius 3 is 1.65 bits per heavy atom. The normalized spacial score (nSPS) is 12.1. The minimum atomic E-state index is -0.974. The number of alkyl halides is 2. The number of hydrogen-bond donors (Lipinski definition) is 2. The number of hydrogen-bond acceptors (Lipinski definition) is 6. The number of ketones is 1. The first kappa shape index (κ1) is 71.6. The van der Waals surface area contributed by atoms with Crippen molar-refractivity contribution >= 4 is 93.0 Å². The predicted octanol–water partition coefficient (Wildman–Crippen LogP) is 4.39. The molecule has 6 rings (SSSR count). The first-order valence-electron chi connectivity index (χ1n) is 19.1. The Labute approximate surface area is 469 Å². The standard InChI is InChI=1S/C20H17F2NO3.C17H13F2NO2.C4H9.C3H3Br3O.C3H4O.2CH4.2Li.Na/c1-11(20(25)26)14-5-2-4-12-10-13(8-9-15(12)14)23-19(24)18-16(21)6-3-7-17(18)22;18-13-4-2-5-14(19)16(13)17(22)20-11-7-8-12-10(9-11)3-1-6-15(12)21;1-4(2)3;1-3(5,6)2(4)7;1-2-3-4;;;;;/h3,6-10H,2,4-5H2,1H3,(H,23,24)(H,25,26);2,4-5,7-9H,1,3,6H2,(H,20,21,22);1-3H3;1H3;4H,1H3;2*1H4;;;/q;;-1;;;;;3*+1/p-2/b14-11+;;;;;;;;;. The van der Waals surface area contributed by atoms with Gasteiger partial charge in [-0.15, -0.1) is 11.6 Å².